The molecule has 0 saturated heterocycles. The van der Waals surface area contributed by atoms with Crippen LogP contribution in [0.1, 0.15) is 61.3 Å². The molecule has 0 fully saturated rings. The summed E-state index contributed by atoms with van der Waals surface area (Å²) in [5.74, 6) is 1.55. The molecule has 2 aliphatic rings. The van der Waals surface area contributed by atoms with Crippen LogP contribution < -0.4 is 0 Å². The second-order valence-corrected chi connectivity index (χ2v) is 13.8. The lowest BCUT2D eigenvalue weighted by atomic mass is 10.2. The zero-order chi connectivity index (χ0) is 22.8. The molecule has 4 rings (SSSR count). The van der Waals surface area contributed by atoms with Crippen LogP contribution in [-0.4, -0.2) is 20.9 Å². The Morgan fingerprint density at radius 3 is 1.09 bits per heavy atom. The lowest BCUT2D eigenvalue weighted by Crippen LogP contribution is -2.03. The number of halogens is 2. The van der Waals surface area contributed by atoms with Crippen LogP contribution >= 0.6 is 70.2 Å². The lowest BCUT2D eigenvalue weighted by molar-refractivity contribution is 0.582. The van der Waals surface area contributed by atoms with Gasteiger partial charge in [0.2, 0.25) is 0 Å². The van der Waals surface area contributed by atoms with Crippen molar-refractivity contribution in [1.29, 1.82) is 0 Å². The fourth-order valence-electron chi connectivity index (χ4n) is 4.46. The molecule has 0 atom stereocenters. The van der Waals surface area contributed by atoms with Gasteiger partial charge in [-0.05, 0) is 53.4 Å². The van der Waals surface area contributed by atoms with E-state index in [1.54, 1.807) is 0 Å². The summed E-state index contributed by atoms with van der Waals surface area (Å²) in [6, 6.07) is 0. The van der Waals surface area contributed by atoms with E-state index in [9.17, 15) is 0 Å². The van der Waals surface area contributed by atoms with E-state index in [1.807, 2.05) is 47.0 Å². The van der Waals surface area contributed by atoms with Crippen LogP contribution in [0.4, 0.5) is 0 Å². The molecule has 0 saturated carbocycles. The number of rotatable bonds is 10. The van der Waals surface area contributed by atoms with Crippen LogP contribution in [0, 0.1) is 27.7 Å². The Morgan fingerprint density at radius 1 is 0.500 bits per heavy atom. The van der Waals surface area contributed by atoms with Crippen molar-refractivity contribution in [2.24, 2.45) is 0 Å². The van der Waals surface area contributed by atoms with Crippen LogP contribution in [0.2, 0.25) is 0 Å². The van der Waals surface area contributed by atoms with Gasteiger partial charge in [0.1, 0.15) is 0 Å². The first kappa shape index (κ1) is 25.4. The molecule has 0 aromatic carbocycles. The molecule has 176 valence electrons. The van der Waals surface area contributed by atoms with Gasteiger partial charge < -0.3 is 9.13 Å². The SMILES string of the molecule is Cc1c2c(c(C)n1CCCCCCl)SC(=C1Sc3c(c(C)n(CCCCCCl)c3C)S1)S2. The van der Waals surface area contributed by atoms with Crippen molar-refractivity contribution in [3.63, 3.8) is 0 Å². The number of fused-ring (bicyclic) bond motifs is 2. The summed E-state index contributed by atoms with van der Waals surface area (Å²) in [5, 5.41) is 0. The molecule has 2 aliphatic heterocycles. The molecular weight excluding hydrogens is 515 g/mol. The second-order valence-electron chi connectivity index (χ2n) is 8.44. The predicted molar refractivity (Wildman–Crippen MR) is 147 cm³/mol. The Hall–Kier alpha value is 0.280. The Labute approximate surface area is 220 Å². The Morgan fingerprint density at radius 2 is 0.812 bits per heavy atom. The standard InChI is InChI=1S/C24H32Cl2N2S4/c1-15-19-20(16(2)27(15)13-9-5-7-11-25)30-23(29-19)24-31-21-17(3)28(14-10-6-8-12-26)18(4)22(21)32-24/h5-14H2,1-4H3. The summed E-state index contributed by atoms with van der Waals surface area (Å²) in [6.45, 7) is 11.4. The van der Waals surface area contributed by atoms with Crippen LogP contribution in [0.3, 0.4) is 0 Å². The quantitative estimate of drug-likeness (QED) is 0.216. The highest BCUT2D eigenvalue weighted by molar-refractivity contribution is 8.30. The smallest absolute Gasteiger partial charge is 0.0708 e. The molecule has 4 heterocycles. The highest BCUT2D eigenvalue weighted by Crippen LogP contribution is 2.64. The van der Waals surface area contributed by atoms with Crippen molar-refractivity contribution in [3.05, 3.63) is 31.3 Å². The van der Waals surface area contributed by atoms with Crippen molar-refractivity contribution in [2.75, 3.05) is 11.8 Å². The molecule has 0 amide bonds. The molecular formula is C24H32Cl2N2S4. The molecule has 0 radical (unpaired) electrons. The van der Waals surface area contributed by atoms with E-state index in [0.717, 1.165) is 37.7 Å². The van der Waals surface area contributed by atoms with E-state index in [-0.39, 0.29) is 0 Å². The van der Waals surface area contributed by atoms with E-state index in [4.69, 9.17) is 23.2 Å². The second kappa shape index (κ2) is 11.3. The molecule has 0 N–H and O–H groups in total. The summed E-state index contributed by atoms with van der Waals surface area (Å²) < 4.78 is 7.97. The average Bonchev–Trinajstić information content (AvgIpc) is 3.50. The highest BCUT2D eigenvalue weighted by Gasteiger charge is 2.34. The zero-order valence-electron chi connectivity index (χ0n) is 19.4. The molecule has 2 aromatic rings. The summed E-state index contributed by atoms with van der Waals surface area (Å²) in [5.41, 5.74) is 5.72. The highest BCUT2D eigenvalue weighted by atomic mass is 35.5. The minimum atomic E-state index is 0.774. The van der Waals surface area contributed by atoms with E-state index in [1.165, 1.54) is 76.5 Å². The van der Waals surface area contributed by atoms with Crippen molar-refractivity contribution in [3.8, 4) is 0 Å². The van der Waals surface area contributed by atoms with Gasteiger partial charge in [0.15, 0.2) is 0 Å². The van der Waals surface area contributed by atoms with Gasteiger partial charge in [0.25, 0.3) is 0 Å². The number of thioether (sulfide) groups is 4. The third kappa shape index (κ3) is 4.97. The molecule has 8 heteroatoms. The van der Waals surface area contributed by atoms with E-state index < -0.39 is 0 Å². The summed E-state index contributed by atoms with van der Waals surface area (Å²) in [6.07, 6.45) is 7.07. The van der Waals surface area contributed by atoms with Gasteiger partial charge in [-0.1, -0.05) is 59.9 Å². The van der Waals surface area contributed by atoms with Gasteiger partial charge in [0.05, 0.1) is 8.47 Å². The van der Waals surface area contributed by atoms with E-state index in [0.29, 0.717) is 0 Å². The normalized spacial score (nSPS) is 15.2. The van der Waals surface area contributed by atoms with Crippen molar-refractivity contribution in [2.45, 2.75) is 98.9 Å². The average molecular weight is 548 g/mol. The van der Waals surface area contributed by atoms with E-state index in [2.05, 4.69) is 36.8 Å². The molecule has 0 bridgehead atoms. The first-order valence-corrected chi connectivity index (χ1v) is 15.8. The summed E-state index contributed by atoms with van der Waals surface area (Å²) in [4.78, 5) is 5.90. The maximum atomic E-state index is 5.84. The Balaban J connectivity index is 1.46. The zero-order valence-corrected chi connectivity index (χ0v) is 24.1. The maximum absolute atomic E-state index is 5.84. The fraction of sp³-hybridized carbons (Fsp3) is 0.583. The number of aromatic nitrogens is 2. The monoisotopic (exact) mass is 546 g/mol. The minimum Gasteiger partial charge on any atom is -0.347 e. The third-order valence-electron chi connectivity index (χ3n) is 6.32. The fourth-order valence-corrected chi connectivity index (χ4v) is 10.7. The molecule has 2 aromatic heterocycles. The Kier molecular flexibility index (Phi) is 9.00. The Bertz CT molecular complexity index is 879. The number of nitrogens with zero attached hydrogens (tertiary/aromatic N) is 2. The number of unbranched alkanes of at least 4 members (excludes halogenated alkanes) is 4. The molecule has 0 unspecified atom stereocenters. The van der Waals surface area contributed by atoms with Crippen molar-refractivity contribution < 1.29 is 0 Å². The van der Waals surface area contributed by atoms with E-state index >= 15 is 0 Å². The lowest BCUT2D eigenvalue weighted by Gasteiger charge is -2.12. The summed E-state index contributed by atoms with van der Waals surface area (Å²) >= 11 is 19.6. The largest absolute Gasteiger partial charge is 0.347 e. The number of hydrogen-bond acceptors (Lipinski definition) is 4. The van der Waals surface area contributed by atoms with Crippen molar-refractivity contribution in [1.82, 2.24) is 9.13 Å². The predicted octanol–water partition coefficient (Wildman–Crippen LogP) is 9.56. The van der Waals surface area contributed by atoms with Gasteiger partial charge >= 0.3 is 0 Å². The van der Waals surface area contributed by atoms with Gasteiger partial charge in [-0.25, -0.2) is 0 Å². The molecule has 0 aliphatic carbocycles. The molecule has 0 spiro atoms. The molecule has 32 heavy (non-hydrogen) atoms. The third-order valence-corrected chi connectivity index (χ3v) is 13.0. The number of hydrogen-bond donors (Lipinski definition) is 0. The van der Waals surface area contributed by atoms with Crippen LogP contribution in [0.25, 0.3) is 0 Å². The molecule has 2 nitrogen and oxygen atoms in total. The van der Waals surface area contributed by atoms with Crippen LogP contribution in [0.15, 0.2) is 28.1 Å². The van der Waals surface area contributed by atoms with Crippen LogP contribution in [0.5, 0.6) is 0 Å². The number of alkyl halides is 2. The van der Waals surface area contributed by atoms with Crippen molar-refractivity contribution >= 4 is 70.2 Å². The van der Waals surface area contributed by atoms with Crippen LogP contribution in [-0.2, 0) is 13.1 Å². The van der Waals surface area contributed by atoms with Gasteiger partial charge in [-0.3, -0.25) is 0 Å². The van der Waals surface area contributed by atoms with Gasteiger partial charge in [-0.2, -0.15) is 0 Å². The maximum Gasteiger partial charge on any atom is 0.0708 e. The first-order chi connectivity index (χ1) is 15.5. The first-order valence-electron chi connectivity index (χ1n) is 11.4. The topological polar surface area (TPSA) is 9.86 Å². The van der Waals surface area contributed by atoms with Gasteiger partial charge in [-0.15, -0.1) is 23.2 Å². The minimum absolute atomic E-state index is 0.774. The summed E-state index contributed by atoms with van der Waals surface area (Å²) in [7, 11) is 0. The van der Waals surface area contributed by atoms with Gasteiger partial charge in [0, 0.05) is 67.2 Å².